The SMILES string of the molecule is CNCC(O)c1sncc1Br. The Labute approximate surface area is 77.7 Å². The van der Waals surface area contributed by atoms with E-state index in [1.165, 1.54) is 11.5 Å². The van der Waals surface area contributed by atoms with Gasteiger partial charge in [0.2, 0.25) is 0 Å². The zero-order valence-electron chi connectivity index (χ0n) is 6.04. The second-order valence-corrected chi connectivity index (χ2v) is 3.80. The van der Waals surface area contributed by atoms with Gasteiger partial charge < -0.3 is 10.4 Å². The van der Waals surface area contributed by atoms with Crippen molar-refractivity contribution in [3.8, 4) is 0 Å². The Hall–Kier alpha value is 0.0300. The summed E-state index contributed by atoms with van der Waals surface area (Å²) >= 11 is 4.61. The largest absolute Gasteiger partial charge is 0.386 e. The maximum atomic E-state index is 9.47. The van der Waals surface area contributed by atoms with Crippen LogP contribution in [0.15, 0.2) is 10.7 Å². The van der Waals surface area contributed by atoms with Gasteiger partial charge in [0.25, 0.3) is 0 Å². The van der Waals surface area contributed by atoms with Gasteiger partial charge in [0.15, 0.2) is 0 Å². The molecule has 0 bridgehead atoms. The first-order valence-electron chi connectivity index (χ1n) is 3.18. The Morgan fingerprint density at radius 1 is 1.91 bits per heavy atom. The molecule has 3 nitrogen and oxygen atoms in total. The Kier molecular flexibility index (Phi) is 3.45. The molecular formula is C6H9BrN2OS. The normalized spacial score (nSPS) is 13.4. The van der Waals surface area contributed by atoms with Crippen LogP contribution in [-0.2, 0) is 0 Å². The van der Waals surface area contributed by atoms with Crippen LogP contribution in [0, 0.1) is 0 Å². The monoisotopic (exact) mass is 236 g/mol. The molecule has 5 heteroatoms. The number of aromatic nitrogens is 1. The van der Waals surface area contributed by atoms with Gasteiger partial charge in [-0.2, -0.15) is 4.37 Å². The molecule has 1 atom stereocenters. The molecule has 0 fully saturated rings. The van der Waals surface area contributed by atoms with E-state index in [1.54, 1.807) is 13.2 Å². The van der Waals surface area contributed by atoms with E-state index < -0.39 is 6.10 Å². The number of halogens is 1. The number of aliphatic hydroxyl groups excluding tert-OH is 1. The smallest absolute Gasteiger partial charge is 0.103 e. The second-order valence-electron chi connectivity index (χ2n) is 2.11. The highest BCUT2D eigenvalue weighted by atomic mass is 79.9. The molecule has 0 saturated heterocycles. The van der Waals surface area contributed by atoms with Crippen LogP contribution in [0.5, 0.6) is 0 Å². The number of hydrogen-bond donors (Lipinski definition) is 2. The van der Waals surface area contributed by atoms with Gasteiger partial charge >= 0.3 is 0 Å². The van der Waals surface area contributed by atoms with Crippen molar-refractivity contribution in [2.45, 2.75) is 6.10 Å². The molecule has 0 radical (unpaired) electrons. The van der Waals surface area contributed by atoms with Crippen molar-refractivity contribution in [2.24, 2.45) is 0 Å². The number of rotatable bonds is 3. The van der Waals surface area contributed by atoms with Crippen LogP contribution in [0.3, 0.4) is 0 Å². The van der Waals surface area contributed by atoms with E-state index >= 15 is 0 Å². The fourth-order valence-electron chi connectivity index (χ4n) is 0.743. The van der Waals surface area contributed by atoms with E-state index in [-0.39, 0.29) is 0 Å². The van der Waals surface area contributed by atoms with Gasteiger partial charge in [0.1, 0.15) is 6.10 Å². The molecule has 1 unspecified atom stereocenters. The Morgan fingerprint density at radius 2 is 2.64 bits per heavy atom. The first-order chi connectivity index (χ1) is 5.25. The third-order valence-electron chi connectivity index (χ3n) is 1.25. The summed E-state index contributed by atoms with van der Waals surface area (Å²) in [5, 5.41) is 12.4. The maximum absolute atomic E-state index is 9.47. The summed E-state index contributed by atoms with van der Waals surface area (Å²) in [5.74, 6) is 0. The van der Waals surface area contributed by atoms with Crippen LogP contribution < -0.4 is 5.32 Å². The van der Waals surface area contributed by atoms with Gasteiger partial charge in [0, 0.05) is 6.54 Å². The molecular weight excluding hydrogens is 228 g/mol. The topological polar surface area (TPSA) is 45.1 Å². The van der Waals surface area contributed by atoms with Crippen LogP contribution in [0.25, 0.3) is 0 Å². The van der Waals surface area contributed by atoms with E-state index in [0.717, 1.165) is 9.35 Å². The standard InChI is InChI=1S/C6H9BrN2OS/c1-8-3-5(10)6-4(7)2-9-11-6/h2,5,8,10H,3H2,1H3. The van der Waals surface area contributed by atoms with E-state index in [2.05, 4.69) is 25.6 Å². The predicted molar refractivity (Wildman–Crippen MR) is 48.7 cm³/mol. The number of nitrogens with zero attached hydrogens (tertiary/aromatic N) is 1. The summed E-state index contributed by atoms with van der Waals surface area (Å²) < 4.78 is 4.81. The Bertz CT molecular complexity index is 228. The van der Waals surface area contributed by atoms with Crippen LogP contribution in [0.2, 0.25) is 0 Å². The summed E-state index contributed by atoms with van der Waals surface area (Å²) in [4.78, 5) is 0.874. The predicted octanol–water partition coefficient (Wildman–Crippen LogP) is 1.16. The second kappa shape index (κ2) is 4.15. The third kappa shape index (κ3) is 2.23. The summed E-state index contributed by atoms with van der Waals surface area (Å²) in [6.45, 7) is 0.556. The van der Waals surface area contributed by atoms with Gasteiger partial charge in [-0.1, -0.05) is 0 Å². The van der Waals surface area contributed by atoms with Gasteiger partial charge in [0.05, 0.1) is 15.5 Å². The van der Waals surface area contributed by atoms with Crippen LogP contribution in [-0.4, -0.2) is 23.1 Å². The lowest BCUT2D eigenvalue weighted by Crippen LogP contribution is -2.15. The lowest BCUT2D eigenvalue weighted by molar-refractivity contribution is 0.181. The third-order valence-corrected chi connectivity index (χ3v) is 3.05. The summed E-state index contributed by atoms with van der Waals surface area (Å²) in [7, 11) is 1.80. The summed E-state index contributed by atoms with van der Waals surface area (Å²) in [6.07, 6.45) is 1.24. The molecule has 0 aliphatic carbocycles. The molecule has 1 aromatic heterocycles. The molecule has 0 aromatic carbocycles. The van der Waals surface area contributed by atoms with Crippen molar-refractivity contribution in [3.05, 3.63) is 15.5 Å². The van der Waals surface area contributed by atoms with Crippen molar-refractivity contribution in [1.29, 1.82) is 0 Å². The average molecular weight is 237 g/mol. The first kappa shape index (κ1) is 9.12. The molecule has 0 saturated carbocycles. The molecule has 62 valence electrons. The van der Waals surface area contributed by atoms with Crippen molar-refractivity contribution in [1.82, 2.24) is 9.69 Å². The average Bonchev–Trinajstić information content (AvgIpc) is 2.36. The number of nitrogens with one attached hydrogen (secondary N) is 1. The minimum Gasteiger partial charge on any atom is -0.386 e. The maximum Gasteiger partial charge on any atom is 0.103 e. The summed E-state index contributed by atoms with van der Waals surface area (Å²) in [6, 6.07) is 0. The van der Waals surface area contributed by atoms with Gasteiger partial charge in [-0.3, -0.25) is 0 Å². The first-order valence-corrected chi connectivity index (χ1v) is 4.75. The van der Waals surface area contributed by atoms with Gasteiger partial charge in [-0.05, 0) is 34.5 Å². The Morgan fingerprint density at radius 3 is 3.09 bits per heavy atom. The Balaban J connectivity index is 2.67. The molecule has 0 spiro atoms. The minimum atomic E-state index is -0.457. The molecule has 1 rings (SSSR count). The van der Waals surface area contributed by atoms with Gasteiger partial charge in [-0.15, -0.1) is 0 Å². The molecule has 1 heterocycles. The molecule has 1 aromatic rings. The zero-order valence-corrected chi connectivity index (χ0v) is 8.44. The molecule has 2 N–H and O–H groups in total. The molecule has 0 amide bonds. The number of likely N-dealkylation sites (N-methyl/N-ethyl adjacent to an activating group) is 1. The highest BCUT2D eigenvalue weighted by Gasteiger charge is 2.11. The lowest BCUT2D eigenvalue weighted by Gasteiger charge is -2.06. The van der Waals surface area contributed by atoms with E-state index in [4.69, 9.17) is 0 Å². The number of hydrogen-bond acceptors (Lipinski definition) is 4. The van der Waals surface area contributed by atoms with Gasteiger partial charge in [-0.25, -0.2) is 0 Å². The van der Waals surface area contributed by atoms with Crippen molar-refractivity contribution in [2.75, 3.05) is 13.6 Å². The van der Waals surface area contributed by atoms with E-state index in [1.807, 2.05) is 0 Å². The van der Waals surface area contributed by atoms with Crippen LogP contribution in [0.4, 0.5) is 0 Å². The quantitative estimate of drug-likeness (QED) is 0.829. The minimum absolute atomic E-state index is 0.457. The van der Waals surface area contributed by atoms with Crippen molar-refractivity contribution < 1.29 is 5.11 Å². The van der Waals surface area contributed by atoms with E-state index in [9.17, 15) is 5.11 Å². The highest BCUT2D eigenvalue weighted by Crippen LogP contribution is 2.26. The zero-order chi connectivity index (χ0) is 8.27. The highest BCUT2D eigenvalue weighted by molar-refractivity contribution is 9.10. The fraction of sp³-hybridized carbons (Fsp3) is 0.500. The van der Waals surface area contributed by atoms with Crippen molar-refractivity contribution >= 4 is 27.5 Å². The molecule has 0 aliphatic heterocycles. The molecule has 0 aliphatic rings. The number of aliphatic hydroxyl groups is 1. The molecule has 11 heavy (non-hydrogen) atoms. The summed E-state index contributed by atoms with van der Waals surface area (Å²) in [5.41, 5.74) is 0. The van der Waals surface area contributed by atoms with Crippen LogP contribution in [0.1, 0.15) is 11.0 Å². The lowest BCUT2D eigenvalue weighted by atomic mass is 10.3. The fourth-order valence-corrected chi connectivity index (χ4v) is 2.08. The van der Waals surface area contributed by atoms with E-state index in [0.29, 0.717) is 6.54 Å². The van der Waals surface area contributed by atoms with Crippen molar-refractivity contribution in [3.63, 3.8) is 0 Å². The van der Waals surface area contributed by atoms with Crippen LogP contribution >= 0.6 is 27.5 Å².